The number of hydrogen-bond donors (Lipinski definition) is 1. The quantitative estimate of drug-likeness (QED) is 0.787. The molecule has 1 unspecified atom stereocenters. The van der Waals surface area contributed by atoms with E-state index in [-0.39, 0.29) is 0 Å². The molecular weight excluding hydrogens is 346 g/mol. The van der Waals surface area contributed by atoms with Crippen LogP contribution in [0.2, 0.25) is 0 Å². The van der Waals surface area contributed by atoms with Gasteiger partial charge in [-0.1, -0.05) is 6.92 Å². The van der Waals surface area contributed by atoms with Gasteiger partial charge in [0.1, 0.15) is 0 Å². The fourth-order valence-electron chi connectivity index (χ4n) is 2.43. The highest BCUT2D eigenvalue weighted by molar-refractivity contribution is 9.10. The van der Waals surface area contributed by atoms with Crippen LogP contribution in [-0.4, -0.2) is 15.8 Å². The van der Waals surface area contributed by atoms with Crippen LogP contribution in [0.5, 0.6) is 0 Å². The molecule has 0 bridgehead atoms. The summed E-state index contributed by atoms with van der Waals surface area (Å²) in [5.74, 6) is 0. The van der Waals surface area contributed by atoms with Gasteiger partial charge in [-0.3, -0.25) is 4.68 Å². The molecule has 0 radical (unpaired) electrons. The standard InChI is InChI=1S/C16H24BrN3S/c1-5-14-16(17)15(20(6-2)19-14)10-18-11(3)9-13-8-7-12(4)21-13/h7-8,11,18H,5-6,9-10H2,1-4H3. The van der Waals surface area contributed by atoms with Gasteiger partial charge in [0.15, 0.2) is 0 Å². The summed E-state index contributed by atoms with van der Waals surface area (Å²) in [4.78, 5) is 2.83. The Morgan fingerprint density at radius 1 is 1.38 bits per heavy atom. The zero-order valence-electron chi connectivity index (χ0n) is 13.2. The second-order valence-electron chi connectivity index (χ2n) is 5.38. The summed E-state index contributed by atoms with van der Waals surface area (Å²) in [5, 5.41) is 8.27. The number of rotatable bonds is 7. The van der Waals surface area contributed by atoms with Crippen LogP contribution >= 0.6 is 27.3 Å². The summed E-state index contributed by atoms with van der Waals surface area (Å²) in [6.07, 6.45) is 2.04. The van der Waals surface area contributed by atoms with Gasteiger partial charge < -0.3 is 5.32 Å². The number of nitrogens with one attached hydrogen (secondary N) is 1. The molecule has 1 atom stereocenters. The molecular formula is C16H24BrN3S. The normalized spacial score (nSPS) is 12.8. The molecule has 0 saturated carbocycles. The maximum Gasteiger partial charge on any atom is 0.0767 e. The molecule has 0 aliphatic heterocycles. The highest BCUT2D eigenvalue weighted by Crippen LogP contribution is 2.22. The molecule has 2 heterocycles. The lowest BCUT2D eigenvalue weighted by molar-refractivity contribution is 0.514. The van der Waals surface area contributed by atoms with E-state index in [2.05, 4.69) is 70.9 Å². The van der Waals surface area contributed by atoms with E-state index in [1.165, 1.54) is 19.9 Å². The number of nitrogens with zero attached hydrogens (tertiary/aromatic N) is 2. The Morgan fingerprint density at radius 3 is 2.71 bits per heavy atom. The van der Waals surface area contributed by atoms with Crippen molar-refractivity contribution in [3.8, 4) is 0 Å². The summed E-state index contributed by atoms with van der Waals surface area (Å²) in [6.45, 7) is 10.5. The average molecular weight is 370 g/mol. The molecule has 0 aliphatic carbocycles. The monoisotopic (exact) mass is 369 g/mol. The lowest BCUT2D eigenvalue weighted by Crippen LogP contribution is -2.28. The number of aryl methyl sites for hydroxylation is 3. The van der Waals surface area contributed by atoms with Crippen molar-refractivity contribution in [2.24, 2.45) is 0 Å². The fraction of sp³-hybridized carbons (Fsp3) is 0.562. The molecule has 21 heavy (non-hydrogen) atoms. The van der Waals surface area contributed by atoms with Crippen molar-refractivity contribution in [3.63, 3.8) is 0 Å². The van der Waals surface area contributed by atoms with E-state index in [0.29, 0.717) is 6.04 Å². The van der Waals surface area contributed by atoms with Crippen LogP contribution in [0.15, 0.2) is 16.6 Å². The van der Waals surface area contributed by atoms with Gasteiger partial charge in [0, 0.05) is 28.9 Å². The Hall–Kier alpha value is -0.650. The molecule has 0 fully saturated rings. The van der Waals surface area contributed by atoms with Crippen LogP contribution in [0.1, 0.15) is 41.9 Å². The molecule has 2 aromatic heterocycles. The first-order chi connectivity index (χ1) is 10.0. The first-order valence-corrected chi connectivity index (χ1v) is 9.18. The van der Waals surface area contributed by atoms with E-state index < -0.39 is 0 Å². The number of thiophene rings is 1. The van der Waals surface area contributed by atoms with Crippen molar-refractivity contribution in [2.45, 2.75) is 59.7 Å². The highest BCUT2D eigenvalue weighted by Gasteiger charge is 2.14. The molecule has 2 aromatic rings. The Balaban J connectivity index is 1.97. The van der Waals surface area contributed by atoms with Gasteiger partial charge in [-0.05, 0) is 61.7 Å². The van der Waals surface area contributed by atoms with E-state index in [9.17, 15) is 0 Å². The zero-order chi connectivity index (χ0) is 15.4. The minimum Gasteiger partial charge on any atom is -0.308 e. The zero-order valence-corrected chi connectivity index (χ0v) is 15.6. The molecule has 0 amide bonds. The predicted octanol–water partition coefficient (Wildman–Crippen LogP) is 4.32. The lowest BCUT2D eigenvalue weighted by atomic mass is 10.2. The van der Waals surface area contributed by atoms with Crippen molar-refractivity contribution < 1.29 is 0 Å². The maximum atomic E-state index is 4.64. The number of halogens is 1. The molecule has 5 heteroatoms. The number of hydrogen-bond acceptors (Lipinski definition) is 3. The molecule has 0 spiro atoms. The molecule has 2 rings (SSSR count). The minimum absolute atomic E-state index is 0.459. The van der Waals surface area contributed by atoms with Gasteiger partial charge in [0.2, 0.25) is 0 Å². The second kappa shape index (κ2) is 7.56. The lowest BCUT2D eigenvalue weighted by Gasteiger charge is -2.14. The summed E-state index contributed by atoms with van der Waals surface area (Å²) < 4.78 is 3.26. The van der Waals surface area contributed by atoms with Crippen molar-refractivity contribution in [1.29, 1.82) is 0 Å². The summed E-state index contributed by atoms with van der Waals surface area (Å²) in [6, 6.07) is 4.89. The van der Waals surface area contributed by atoms with Crippen molar-refractivity contribution in [1.82, 2.24) is 15.1 Å². The summed E-state index contributed by atoms with van der Waals surface area (Å²) >= 11 is 5.59. The molecule has 0 aromatic carbocycles. The van der Waals surface area contributed by atoms with E-state index >= 15 is 0 Å². The average Bonchev–Trinajstić information content (AvgIpc) is 3.00. The Kier molecular flexibility index (Phi) is 6.02. The fourth-order valence-corrected chi connectivity index (χ4v) is 4.15. The van der Waals surface area contributed by atoms with Crippen LogP contribution in [0.25, 0.3) is 0 Å². The molecule has 1 N–H and O–H groups in total. The first kappa shape index (κ1) is 16.7. The van der Waals surface area contributed by atoms with Gasteiger partial charge in [-0.2, -0.15) is 5.10 Å². The van der Waals surface area contributed by atoms with Crippen molar-refractivity contribution in [2.75, 3.05) is 0 Å². The number of aromatic nitrogens is 2. The van der Waals surface area contributed by atoms with Gasteiger partial charge in [-0.15, -0.1) is 11.3 Å². The van der Waals surface area contributed by atoms with E-state index in [0.717, 1.165) is 31.6 Å². The molecule has 116 valence electrons. The minimum atomic E-state index is 0.459. The van der Waals surface area contributed by atoms with Crippen LogP contribution in [-0.2, 0) is 25.9 Å². The third kappa shape index (κ3) is 4.18. The Bertz CT molecular complexity index is 588. The van der Waals surface area contributed by atoms with E-state index in [1.54, 1.807) is 0 Å². The van der Waals surface area contributed by atoms with Crippen LogP contribution in [0.4, 0.5) is 0 Å². The third-order valence-electron chi connectivity index (χ3n) is 3.62. The first-order valence-electron chi connectivity index (χ1n) is 7.57. The van der Waals surface area contributed by atoms with E-state index in [1.807, 2.05) is 11.3 Å². The van der Waals surface area contributed by atoms with Gasteiger partial charge >= 0.3 is 0 Å². The molecule has 0 aliphatic rings. The Labute approximate surface area is 139 Å². The summed E-state index contributed by atoms with van der Waals surface area (Å²) in [5.41, 5.74) is 2.40. The molecule has 0 saturated heterocycles. The van der Waals surface area contributed by atoms with Gasteiger partial charge in [0.05, 0.1) is 15.9 Å². The smallest absolute Gasteiger partial charge is 0.0767 e. The van der Waals surface area contributed by atoms with Crippen LogP contribution < -0.4 is 5.32 Å². The van der Waals surface area contributed by atoms with Gasteiger partial charge in [-0.25, -0.2) is 0 Å². The van der Waals surface area contributed by atoms with Crippen LogP contribution in [0.3, 0.4) is 0 Å². The van der Waals surface area contributed by atoms with Crippen molar-refractivity contribution in [3.05, 3.63) is 37.7 Å². The maximum absolute atomic E-state index is 4.64. The SMILES string of the molecule is CCc1nn(CC)c(CNC(C)Cc2ccc(C)s2)c1Br. The Morgan fingerprint density at radius 2 is 2.14 bits per heavy atom. The predicted molar refractivity (Wildman–Crippen MR) is 94.0 cm³/mol. The van der Waals surface area contributed by atoms with Gasteiger partial charge in [0.25, 0.3) is 0 Å². The largest absolute Gasteiger partial charge is 0.308 e. The molecule has 3 nitrogen and oxygen atoms in total. The van der Waals surface area contributed by atoms with Crippen LogP contribution in [0, 0.1) is 6.92 Å². The van der Waals surface area contributed by atoms with E-state index in [4.69, 9.17) is 0 Å². The third-order valence-corrected chi connectivity index (χ3v) is 5.55. The topological polar surface area (TPSA) is 29.9 Å². The second-order valence-corrected chi connectivity index (χ2v) is 7.54. The highest BCUT2D eigenvalue weighted by atomic mass is 79.9. The van der Waals surface area contributed by atoms with Crippen molar-refractivity contribution >= 4 is 27.3 Å². The summed E-state index contributed by atoms with van der Waals surface area (Å²) in [7, 11) is 0.